The standard InChI is InChI=1S/C19H25N3O4/c1-2-3-17(23)21-10-8-20(9-11-21)15-4-6-16(7-5-15)22-13-14(19(25)26)12-18(22)24/h4-7,14H,2-3,8-13H2,1H3,(H,25,26)/t14-/m1/s1. The van der Waals surface area contributed by atoms with Crippen LogP contribution in [-0.4, -0.2) is 60.5 Å². The molecule has 0 unspecified atom stereocenters. The number of rotatable bonds is 5. The highest BCUT2D eigenvalue weighted by atomic mass is 16.4. The first-order chi connectivity index (χ1) is 12.5. The topological polar surface area (TPSA) is 81.2 Å². The van der Waals surface area contributed by atoms with Crippen molar-refractivity contribution in [1.82, 2.24) is 4.90 Å². The maximum atomic E-state index is 12.0. The molecule has 26 heavy (non-hydrogen) atoms. The highest BCUT2D eigenvalue weighted by Gasteiger charge is 2.35. The number of carbonyl (C=O) groups excluding carboxylic acids is 2. The van der Waals surface area contributed by atoms with Crippen LogP contribution in [0.4, 0.5) is 11.4 Å². The van der Waals surface area contributed by atoms with Gasteiger partial charge in [-0.25, -0.2) is 0 Å². The molecule has 1 N–H and O–H groups in total. The molecule has 2 amide bonds. The zero-order valence-corrected chi connectivity index (χ0v) is 15.1. The number of nitrogens with zero attached hydrogens (tertiary/aromatic N) is 3. The lowest BCUT2D eigenvalue weighted by atomic mass is 10.1. The van der Waals surface area contributed by atoms with Crippen LogP contribution in [0.1, 0.15) is 26.2 Å². The Labute approximate surface area is 153 Å². The summed E-state index contributed by atoms with van der Waals surface area (Å²) in [5, 5.41) is 9.09. The van der Waals surface area contributed by atoms with E-state index >= 15 is 0 Å². The fraction of sp³-hybridized carbons (Fsp3) is 0.526. The van der Waals surface area contributed by atoms with Crippen molar-refractivity contribution in [1.29, 1.82) is 0 Å². The Morgan fingerprint density at radius 3 is 2.23 bits per heavy atom. The van der Waals surface area contributed by atoms with E-state index in [1.807, 2.05) is 36.1 Å². The molecule has 0 saturated carbocycles. The van der Waals surface area contributed by atoms with Crippen molar-refractivity contribution in [2.24, 2.45) is 5.92 Å². The molecular formula is C19H25N3O4. The predicted octanol–water partition coefficient (Wildman–Crippen LogP) is 1.57. The average Bonchev–Trinajstić information content (AvgIpc) is 3.04. The predicted molar refractivity (Wildman–Crippen MR) is 98.2 cm³/mol. The maximum absolute atomic E-state index is 12.0. The van der Waals surface area contributed by atoms with Crippen molar-refractivity contribution in [3.63, 3.8) is 0 Å². The summed E-state index contributed by atoms with van der Waals surface area (Å²) in [7, 11) is 0. The van der Waals surface area contributed by atoms with E-state index in [-0.39, 0.29) is 24.8 Å². The third-order valence-electron chi connectivity index (χ3n) is 5.10. The Hall–Kier alpha value is -2.57. The first kappa shape index (κ1) is 18.2. The number of aliphatic carboxylic acids is 1. The smallest absolute Gasteiger partial charge is 0.308 e. The Balaban J connectivity index is 1.60. The summed E-state index contributed by atoms with van der Waals surface area (Å²) in [5.74, 6) is -1.47. The summed E-state index contributed by atoms with van der Waals surface area (Å²) >= 11 is 0. The Morgan fingerprint density at radius 1 is 1.08 bits per heavy atom. The van der Waals surface area contributed by atoms with E-state index in [0.29, 0.717) is 6.42 Å². The van der Waals surface area contributed by atoms with Crippen LogP contribution in [0, 0.1) is 5.92 Å². The molecule has 1 aromatic carbocycles. The summed E-state index contributed by atoms with van der Waals surface area (Å²) in [4.78, 5) is 40.8. The molecule has 0 aromatic heterocycles. The van der Waals surface area contributed by atoms with E-state index in [0.717, 1.165) is 44.0 Å². The fourth-order valence-electron chi connectivity index (χ4n) is 3.55. The molecule has 7 nitrogen and oxygen atoms in total. The van der Waals surface area contributed by atoms with Crippen molar-refractivity contribution in [3.8, 4) is 0 Å². The van der Waals surface area contributed by atoms with Crippen molar-refractivity contribution in [2.45, 2.75) is 26.2 Å². The zero-order valence-electron chi connectivity index (χ0n) is 15.1. The SMILES string of the molecule is CCCC(=O)N1CCN(c2ccc(N3C[C@H](C(=O)O)CC3=O)cc2)CC1. The lowest BCUT2D eigenvalue weighted by Crippen LogP contribution is -2.48. The minimum atomic E-state index is -0.923. The lowest BCUT2D eigenvalue weighted by Gasteiger charge is -2.36. The van der Waals surface area contributed by atoms with Crippen LogP contribution in [0.5, 0.6) is 0 Å². The summed E-state index contributed by atoms with van der Waals surface area (Å²) in [6, 6.07) is 7.65. The zero-order chi connectivity index (χ0) is 18.7. The highest BCUT2D eigenvalue weighted by molar-refractivity contribution is 5.99. The van der Waals surface area contributed by atoms with Gasteiger partial charge in [-0.1, -0.05) is 6.92 Å². The second kappa shape index (κ2) is 7.76. The minimum absolute atomic E-state index is 0.0604. The van der Waals surface area contributed by atoms with Crippen LogP contribution in [0.15, 0.2) is 24.3 Å². The van der Waals surface area contributed by atoms with Crippen molar-refractivity contribution in [2.75, 3.05) is 42.5 Å². The summed E-state index contributed by atoms with van der Waals surface area (Å²) in [6.07, 6.45) is 1.54. The highest BCUT2D eigenvalue weighted by Crippen LogP contribution is 2.27. The van der Waals surface area contributed by atoms with Crippen molar-refractivity contribution < 1.29 is 19.5 Å². The van der Waals surface area contributed by atoms with Crippen LogP contribution in [-0.2, 0) is 14.4 Å². The molecular weight excluding hydrogens is 334 g/mol. The van der Waals surface area contributed by atoms with Crippen LogP contribution < -0.4 is 9.80 Å². The van der Waals surface area contributed by atoms with Crippen molar-refractivity contribution in [3.05, 3.63) is 24.3 Å². The van der Waals surface area contributed by atoms with E-state index in [2.05, 4.69) is 4.90 Å². The molecule has 1 aromatic rings. The number of amides is 2. The summed E-state index contributed by atoms with van der Waals surface area (Å²) in [5.41, 5.74) is 1.79. The molecule has 0 radical (unpaired) electrons. The van der Waals surface area contributed by atoms with E-state index in [1.165, 1.54) is 0 Å². The van der Waals surface area contributed by atoms with Gasteiger partial charge >= 0.3 is 5.97 Å². The second-order valence-electron chi connectivity index (χ2n) is 6.88. The largest absolute Gasteiger partial charge is 0.481 e. The monoisotopic (exact) mass is 359 g/mol. The molecule has 2 heterocycles. The molecule has 1 atom stereocenters. The molecule has 0 spiro atoms. The molecule has 2 saturated heterocycles. The molecule has 3 rings (SSSR count). The number of carbonyl (C=O) groups is 3. The van der Waals surface area contributed by atoms with Gasteiger partial charge in [0, 0.05) is 56.9 Å². The third kappa shape index (κ3) is 3.81. The number of hydrogen-bond donors (Lipinski definition) is 1. The van der Waals surface area contributed by atoms with Gasteiger partial charge in [-0.05, 0) is 30.7 Å². The number of piperazine rings is 1. The van der Waals surface area contributed by atoms with Gasteiger partial charge in [0.05, 0.1) is 5.92 Å². The number of benzene rings is 1. The van der Waals surface area contributed by atoms with Gasteiger partial charge in [0.1, 0.15) is 0 Å². The maximum Gasteiger partial charge on any atom is 0.308 e. The van der Waals surface area contributed by atoms with Gasteiger partial charge in [-0.15, -0.1) is 0 Å². The number of carboxylic acid groups (broad SMARTS) is 1. The normalized spacial score (nSPS) is 20.6. The lowest BCUT2D eigenvalue weighted by molar-refractivity contribution is -0.141. The van der Waals surface area contributed by atoms with Crippen LogP contribution in [0.2, 0.25) is 0 Å². The molecule has 2 fully saturated rings. The minimum Gasteiger partial charge on any atom is -0.481 e. The van der Waals surface area contributed by atoms with E-state index in [9.17, 15) is 14.4 Å². The van der Waals surface area contributed by atoms with E-state index in [4.69, 9.17) is 5.11 Å². The number of hydrogen-bond acceptors (Lipinski definition) is 4. The van der Waals surface area contributed by atoms with Crippen LogP contribution >= 0.6 is 0 Å². The average molecular weight is 359 g/mol. The summed E-state index contributed by atoms with van der Waals surface area (Å²) in [6.45, 7) is 5.28. The van der Waals surface area contributed by atoms with Gasteiger partial charge in [-0.3, -0.25) is 14.4 Å². The molecule has 0 aliphatic carbocycles. The molecule has 2 aliphatic heterocycles. The molecule has 140 valence electrons. The Morgan fingerprint density at radius 2 is 1.69 bits per heavy atom. The Kier molecular flexibility index (Phi) is 5.44. The quantitative estimate of drug-likeness (QED) is 0.863. The van der Waals surface area contributed by atoms with Crippen LogP contribution in [0.25, 0.3) is 0 Å². The molecule has 0 bridgehead atoms. The number of anilines is 2. The second-order valence-corrected chi connectivity index (χ2v) is 6.88. The van der Waals surface area contributed by atoms with Gasteiger partial charge in [-0.2, -0.15) is 0 Å². The van der Waals surface area contributed by atoms with Gasteiger partial charge in [0.15, 0.2) is 0 Å². The first-order valence-electron chi connectivity index (χ1n) is 9.15. The fourth-order valence-corrected chi connectivity index (χ4v) is 3.55. The van der Waals surface area contributed by atoms with Crippen LogP contribution in [0.3, 0.4) is 0 Å². The van der Waals surface area contributed by atoms with E-state index in [1.54, 1.807) is 4.90 Å². The summed E-state index contributed by atoms with van der Waals surface area (Å²) < 4.78 is 0. The molecule has 7 heteroatoms. The van der Waals surface area contributed by atoms with Crippen molar-refractivity contribution >= 4 is 29.2 Å². The van der Waals surface area contributed by atoms with Gasteiger partial charge in [0.25, 0.3) is 0 Å². The first-order valence-corrected chi connectivity index (χ1v) is 9.15. The Bertz CT molecular complexity index is 681. The third-order valence-corrected chi connectivity index (χ3v) is 5.10. The van der Waals surface area contributed by atoms with Gasteiger partial charge in [0.2, 0.25) is 11.8 Å². The van der Waals surface area contributed by atoms with E-state index < -0.39 is 11.9 Å². The molecule has 2 aliphatic rings. The van der Waals surface area contributed by atoms with Gasteiger partial charge < -0.3 is 19.8 Å². The number of carboxylic acids is 1.